The van der Waals surface area contributed by atoms with Crippen LogP contribution in [0.15, 0.2) is 52.6 Å². The summed E-state index contributed by atoms with van der Waals surface area (Å²) in [6, 6.07) is 14.0. The van der Waals surface area contributed by atoms with Gasteiger partial charge in [-0.15, -0.1) is 0 Å². The third-order valence-electron chi connectivity index (χ3n) is 4.87. The van der Waals surface area contributed by atoms with Crippen LogP contribution in [0.4, 0.5) is 0 Å². The molecule has 0 unspecified atom stereocenters. The second-order valence-corrected chi connectivity index (χ2v) is 6.97. The summed E-state index contributed by atoms with van der Waals surface area (Å²) in [4.78, 5) is 13.2. The maximum Gasteiger partial charge on any atom is 0.258 e. The van der Waals surface area contributed by atoms with Gasteiger partial charge in [0.05, 0.1) is 11.1 Å². The Morgan fingerprint density at radius 1 is 1.31 bits per heavy atom. The molecule has 2 aromatic rings. The van der Waals surface area contributed by atoms with Gasteiger partial charge in [0.15, 0.2) is 0 Å². The minimum absolute atomic E-state index is 0.0591. The molecule has 1 aliphatic heterocycles. The zero-order valence-corrected chi connectivity index (χ0v) is 15.3. The number of nitrogens with two attached hydrogens (primary N) is 1. The number of benzene rings is 1. The first-order valence-corrected chi connectivity index (χ1v) is 8.80. The molecule has 134 valence electrons. The molecular formula is C21H23N3O2. The SMILES string of the molecule is Cc1cc2c(c(=O)n1CCc1ccccc1)[C@@H](C(C)C)C(C#N)=C(N)O2. The van der Waals surface area contributed by atoms with Gasteiger partial charge in [-0.1, -0.05) is 44.2 Å². The molecule has 1 aromatic heterocycles. The number of nitriles is 1. The van der Waals surface area contributed by atoms with Gasteiger partial charge in [-0.2, -0.15) is 5.26 Å². The van der Waals surface area contributed by atoms with Crippen LogP contribution in [0, 0.1) is 24.2 Å². The fourth-order valence-corrected chi connectivity index (χ4v) is 3.55. The minimum atomic E-state index is -0.347. The van der Waals surface area contributed by atoms with Crippen molar-refractivity contribution in [1.29, 1.82) is 5.26 Å². The molecule has 1 atom stereocenters. The lowest BCUT2D eigenvalue weighted by molar-refractivity contribution is 0.366. The van der Waals surface area contributed by atoms with Crippen LogP contribution in [0.5, 0.6) is 5.75 Å². The van der Waals surface area contributed by atoms with Gasteiger partial charge in [-0.25, -0.2) is 0 Å². The Morgan fingerprint density at radius 3 is 2.62 bits per heavy atom. The smallest absolute Gasteiger partial charge is 0.258 e. The van der Waals surface area contributed by atoms with Crippen LogP contribution in [0.25, 0.3) is 0 Å². The zero-order valence-electron chi connectivity index (χ0n) is 15.3. The molecule has 0 radical (unpaired) electrons. The van der Waals surface area contributed by atoms with Crippen molar-refractivity contribution in [2.24, 2.45) is 11.7 Å². The highest BCUT2D eigenvalue weighted by Gasteiger charge is 2.34. The quantitative estimate of drug-likeness (QED) is 0.919. The summed E-state index contributed by atoms with van der Waals surface area (Å²) in [5.41, 5.74) is 8.69. The van der Waals surface area contributed by atoms with Gasteiger partial charge in [0, 0.05) is 24.2 Å². The van der Waals surface area contributed by atoms with Crippen LogP contribution in [0.3, 0.4) is 0 Å². The number of aryl methyl sites for hydroxylation is 2. The second-order valence-electron chi connectivity index (χ2n) is 6.97. The number of ether oxygens (including phenoxy) is 1. The van der Waals surface area contributed by atoms with Gasteiger partial charge < -0.3 is 15.0 Å². The molecule has 3 rings (SSSR count). The standard InChI is InChI=1S/C21H23N3O2/c1-13(2)18-16(12-22)20(23)26-17-11-14(3)24(21(25)19(17)18)10-9-15-7-5-4-6-8-15/h4-8,11,13,18H,9-10,23H2,1-3H3/t18-/m0/s1. The van der Waals surface area contributed by atoms with Gasteiger partial charge in [0.1, 0.15) is 11.8 Å². The highest BCUT2D eigenvalue weighted by molar-refractivity contribution is 5.49. The van der Waals surface area contributed by atoms with Crippen molar-refractivity contribution in [2.75, 3.05) is 0 Å². The van der Waals surface area contributed by atoms with Crippen LogP contribution in [-0.2, 0) is 13.0 Å². The number of fused-ring (bicyclic) bond motifs is 1. The van der Waals surface area contributed by atoms with Gasteiger partial charge in [-0.05, 0) is 24.8 Å². The average Bonchev–Trinajstić information content (AvgIpc) is 2.61. The largest absolute Gasteiger partial charge is 0.440 e. The third-order valence-corrected chi connectivity index (χ3v) is 4.87. The van der Waals surface area contributed by atoms with Crippen molar-refractivity contribution in [3.63, 3.8) is 0 Å². The Morgan fingerprint density at radius 2 is 2.00 bits per heavy atom. The molecule has 26 heavy (non-hydrogen) atoms. The first kappa shape index (κ1) is 17.8. The van der Waals surface area contributed by atoms with E-state index in [2.05, 4.69) is 18.2 Å². The molecule has 2 N–H and O–H groups in total. The topological polar surface area (TPSA) is 81.0 Å². The summed E-state index contributed by atoms with van der Waals surface area (Å²) in [6.07, 6.45) is 0.761. The first-order valence-electron chi connectivity index (χ1n) is 8.80. The van der Waals surface area contributed by atoms with Gasteiger partial charge in [0.25, 0.3) is 5.56 Å². The van der Waals surface area contributed by atoms with E-state index < -0.39 is 0 Å². The molecule has 0 spiro atoms. The van der Waals surface area contributed by atoms with Gasteiger partial charge >= 0.3 is 0 Å². The number of allylic oxidation sites excluding steroid dienone is 1. The van der Waals surface area contributed by atoms with Crippen molar-refractivity contribution in [2.45, 2.75) is 39.7 Å². The van der Waals surface area contributed by atoms with Crippen LogP contribution < -0.4 is 16.0 Å². The highest BCUT2D eigenvalue weighted by Crippen LogP contribution is 2.40. The molecule has 1 aliphatic rings. The predicted molar refractivity (Wildman–Crippen MR) is 101 cm³/mol. The number of nitrogens with zero attached hydrogens (tertiary/aromatic N) is 2. The van der Waals surface area contributed by atoms with Gasteiger partial charge in [-0.3, -0.25) is 4.79 Å². The molecule has 0 saturated heterocycles. The van der Waals surface area contributed by atoms with Crippen LogP contribution >= 0.6 is 0 Å². The number of pyridine rings is 1. The van der Waals surface area contributed by atoms with E-state index in [-0.39, 0.29) is 23.3 Å². The third kappa shape index (κ3) is 3.11. The lowest BCUT2D eigenvalue weighted by Crippen LogP contribution is -2.34. The summed E-state index contributed by atoms with van der Waals surface area (Å²) in [5.74, 6) is 0.279. The minimum Gasteiger partial charge on any atom is -0.440 e. The van der Waals surface area contributed by atoms with Gasteiger partial charge in [0.2, 0.25) is 5.88 Å². The van der Waals surface area contributed by atoms with Crippen LogP contribution in [0.1, 0.15) is 36.6 Å². The molecule has 0 saturated carbocycles. The molecule has 0 bridgehead atoms. The lowest BCUT2D eigenvalue weighted by atomic mass is 9.81. The van der Waals surface area contributed by atoms with E-state index in [0.29, 0.717) is 23.4 Å². The summed E-state index contributed by atoms with van der Waals surface area (Å²) in [5, 5.41) is 9.50. The summed E-state index contributed by atoms with van der Waals surface area (Å²) >= 11 is 0. The number of hydrogen-bond acceptors (Lipinski definition) is 4. The molecule has 5 nitrogen and oxygen atoms in total. The van der Waals surface area contributed by atoms with E-state index in [4.69, 9.17) is 10.5 Å². The van der Waals surface area contributed by atoms with Crippen molar-refractivity contribution in [1.82, 2.24) is 4.57 Å². The van der Waals surface area contributed by atoms with Crippen LogP contribution in [-0.4, -0.2) is 4.57 Å². The maximum absolute atomic E-state index is 13.2. The molecule has 1 aromatic carbocycles. The fraction of sp³-hybridized carbons (Fsp3) is 0.333. The Labute approximate surface area is 153 Å². The zero-order chi connectivity index (χ0) is 18.8. The average molecular weight is 349 g/mol. The Hall–Kier alpha value is -3.00. The fourth-order valence-electron chi connectivity index (χ4n) is 3.55. The van der Waals surface area contributed by atoms with E-state index in [0.717, 1.165) is 12.1 Å². The van der Waals surface area contributed by atoms with E-state index in [1.165, 1.54) is 5.56 Å². The molecular weight excluding hydrogens is 326 g/mol. The van der Waals surface area contributed by atoms with Crippen molar-refractivity contribution >= 4 is 0 Å². The van der Waals surface area contributed by atoms with E-state index in [9.17, 15) is 10.1 Å². The van der Waals surface area contributed by atoms with E-state index in [1.807, 2.05) is 45.0 Å². The Kier molecular flexibility index (Phi) is 4.85. The van der Waals surface area contributed by atoms with Crippen LogP contribution in [0.2, 0.25) is 0 Å². The van der Waals surface area contributed by atoms with Crippen molar-refractivity contribution in [3.8, 4) is 11.8 Å². The Bertz CT molecular complexity index is 950. The summed E-state index contributed by atoms with van der Waals surface area (Å²) < 4.78 is 7.38. The highest BCUT2D eigenvalue weighted by atomic mass is 16.5. The molecule has 0 amide bonds. The summed E-state index contributed by atoms with van der Waals surface area (Å²) in [7, 11) is 0. The number of rotatable bonds is 4. The van der Waals surface area contributed by atoms with Crippen molar-refractivity contribution in [3.05, 3.63) is 75.0 Å². The Balaban J connectivity index is 2.06. The van der Waals surface area contributed by atoms with Crippen molar-refractivity contribution < 1.29 is 4.74 Å². The molecule has 0 aliphatic carbocycles. The normalized spacial score (nSPS) is 16.2. The predicted octanol–water partition coefficient (Wildman–Crippen LogP) is 3.23. The summed E-state index contributed by atoms with van der Waals surface area (Å²) in [6.45, 7) is 6.43. The molecule has 0 fully saturated rings. The molecule has 5 heteroatoms. The number of aromatic nitrogens is 1. The number of hydrogen-bond donors (Lipinski definition) is 1. The second kappa shape index (κ2) is 7.09. The van der Waals surface area contributed by atoms with E-state index in [1.54, 1.807) is 4.57 Å². The van der Waals surface area contributed by atoms with E-state index >= 15 is 0 Å². The molecule has 2 heterocycles. The monoisotopic (exact) mass is 349 g/mol. The first-order chi connectivity index (χ1) is 12.4. The maximum atomic E-state index is 13.2. The lowest BCUT2D eigenvalue weighted by Gasteiger charge is -2.29.